The number of halogens is 5. The summed E-state index contributed by atoms with van der Waals surface area (Å²) in [7, 11) is -4.05. The maximum Gasteiger partial charge on any atom is 0.421 e. The van der Waals surface area contributed by atoms with Crippen molar-refractivity contribution >= 4 is 27.5 Å². The van der Waals surface area contributed by atoms with Crippen LogP contribution in [0.25, 0.3) is 0 Å². The molecular formula is C21H26F5N5O3S. The van der Waals surface area contributed by atoms with E-state index in [-0.39, 0.29) is 42.5 Å². The number of sulfonamides is 1. The Morgan fingerprint density at radius 2 is 1.80 bits per heavy atom. The van der Waals surface area contributed by atoms with E-state index in [2.05, 4.69) is 20.0 Å². The van der Waals surface area contributed by atoms with E-state index in [0.29, 0.717) is 6.20 Å². The molecular weight excluding hydrogens is 497 g/mol. The molecule has 3 rings (SSSR count). The van der Waals surface area contributed by atoms with Gasteiger partial charge in [-0.25, -0.2) is 26.9 Å². The SMILES string of the molecule is CC(C)NS(=O)(=O)c1ccc(Nc2ncc(C(F)(F)F)c(N3CCC(C)(O)CC3)n2)c(C(F)F)c1. The summed E-state index contributed by atoms with van der Waals surface area (Å²) in [4.78, 5) is 8.55. The van der Waals surface area contributed by atoms with Crippen LogP contribution in [0.15, 0.2) is 29.3 Å². The molecule has 0 aliphatic carbocycles. The molecule has 0 saturated carbocycles. The third-order valence-electron chi connectivity index (χ3n) is 5.42. The zero-order chi connectivity index (χ0) is 26.2. The fourth-order valence-corrected chi connectivity index (χ4v) is 4.86. The summed E-state index contributed by atoms with van der Waals surface area (Å²) >= 11 is 0. The van der Waals surface area contributed by atoms with Gasteiger partial charge in [-0.3, -0.25) is 0 Å². The zero-order valence-corrected chi connectivity index (χ0v) is 20.0. The minimum atomic E-state index is -4.76. The van der Waals surface area contributed by atoms with Gasteiger partial charge in [0.1, 0.15) is 11.4 Å². The number of benzene rings is 1. The molecule has 3 N–H and O–H groups in total. The van der Waals surface area contributed by atoms with E-state index in [4.69, 9.17) is 0 Å². The van der Waals surface area contributed by atoms with Crippen molar-refractivity contribution in [3.63, 3.8) is 0 Å². The molecule has 1 aromatic heterocycles. The van der Waals surface area contributed by atoms with Crippen LogP contribution < -0.4 is 14.9 Å². The van der Waals surface area contributed by atoms with Crippen molar-refractivity contribution in [1.29, 1.82) is 0 Å². The van der Waals surface area contributed by atoms with Gasteiger partial charge in [0.15, 0.2) is 0 Å². The first-order chi connectivity index (χ1) is 16.1. The summed E-state index contributed by atoms with van der Waals surface area (Å²) in [5, 5.41) is 12.6. The molecule has 1 saturated heterocycles. The van der Waals surface area contributed by atoms with E-state index >= 15 is 0 Å². The second-order valence-corrected chi connectivity index (χ2v) is 10.6. The van der Waals surface area contributed by atoms with E-state index in [1.165, 1.54) is 4.90 Å². The van der Waals surface area contributed by atoms with Gasteiger partial charge in [0, 0.05) is 36.6 Å². The summed E-state index contributed by atoms with van der Waals surface area (Å²) < 4.78 is 95.3. The summed E-state index contributed by atoms with van der Waals surface area (Å²) in [6, 6.07) is 2.49. The highest BCUT2D eigenvalue weighted by Crippen LogP contribution is 2.38. The van der Waals surface area contributed by atoms with Crippen LogP contribution in [-0.2, 0) is 16.2 Å². The minimum absolute atomic E-state index is 0.101. The van der Waals surface area contributed by atoms with Crippen molar-refractivity contribution in [3.05, 3.63) is 35.5 Å². The van der Waals surface area contributed by atoms with Gasteiger partial charge in [0.2, 0.25) is 16.0 Å². The Hall–Kier alpha value is -2.58. The predicted molar refractivity (Wildman–Crippen MR) is 119 cm³/mol. The minimum Gasteiger partial charge on any atom is -0.390 e. The Kier molecular flexibility index (Phi) is 7.58. The average Bonchev–Trinajstić information content (AvgIpc) is 2.72. The Labute approximate surface area is 199 Å². The number of nitrogens with zero attached hydrogens (tertiary/aromatic N) is 3. The van der Waals surface area contributed by atoms with Crippen molar-refractivity contribution < 1.29 is 35.5 Å². The zero-order valence-electron chi connectivity index (χ0n) is 19.2. The van der Waals surface area contributed by atoms with Crippen molar-refractivity contribution in [1.82, 2.24) is 14.7 Å². The summed E-state index contributed by atoms with van der Waals surface area (Å²) in [6.45, 7) is 4.94. The summed E-state index contributed by atoms with van der Waals surface area (Å²) in [6.07, 6.45) is -6.86. The number of hydrogen-bond donors (Lipinski definition) is 3. The highest BCUT2D eigenvalue weighted by molar-refractivity contribution is 7.89. The van der Waals surface area contributed by atoms with Crippen LogP contribution in [0.1, 0.15) is 51.2 Å². The van der Waals surface area contributed by atoms with Gasteiger partial charge in [-0.2, -0.15) is 18.2 Å². The van der Waals surface area contributed by atoms with Crippen molar-refractivity contribution in [2.75, 3.05) is 23.3 Å². The van der Waals surface area contributed by atoms with Crippen LogP contribution >= 0.6 is 0 Å². The molecule has 0 radical (unpaired) electrons. The van der Waals surface area contributed by atoms with Crippen LogP contribution in [0.2, 0.25) is 0 Å². The molecule has 2 aromatic rings. The van der Waals surface area contributed by atoms with E-state index < -0.39 is 51.2 Å². The van der Waals surface area contributed by atoms with Gasteiger partial charge in [-0.15, -0.1) is 0 Å². The van der Waals surface area contributed by atoms with E-state index in [0.717, 1.165) is 18.2 Å². The standard InChI is InChI=1S/C21H26F5N5O3S/c1-12(2)30-35(33,34)13-4-5-16(14(10-13)17(22)23)28-19-27-11-15(21(24,25)26)18(29-19)31-8-6-20(3,32)7-9-31/h4-5,10-12,17,30,32H,6-9H2,1-3H3,(H,27,28,29). The topological polar surface area (TPSA) is 107 Å². The maximum atomic E-state index is 13.7. The van der Waals surface area contributed by atoms with E-state index in [1.807, 2.05) is 0 Å². The second-order valence-electron chi connectivity index (χ2n) is 8.86. The van der Waals surface area contributed by atoms with Gasteiger partial charge < -0.3 is 15.3 Å². The number of nitrogens with one attached hydrogen (secondary N) is 2. The molecule has 0 bridgehead atoms. The molecule has 0 atom stereocenters. The number of anilines is 3. The normalized spacial score (nSPS) is 16.7. The summed E-state index contributed by atoms with van der Waals surface area (Å²) in [5.41, 5.74) is -3.05. The Morgan fingerprint density at radius 1 is 1.17 bits per heavy atom. The Balaban J connectivity index is 1.98. The molecule has 1 fully saturated rings. The lowest BCUT2D eigenvalue weighted by atomic mass is 9.94. The molecule has 2 heterocycles. The molecule has 35 heavy (non-hydrogen) atoms. The number of aromatic nitrogens is 2. The monoisotopic (exact) mass is 523 g/mol. The number of alkyl halides is 5. The van der Waals surface area contributed by atoms with E-state index in [1.54, 1.807) is 20.8 Å². The van der Waals surface area contributed by atoms with Crippen molar-refractivity contribution in [3.8, 4) is 0 Å². The second kappa shape index (κ2) is 9.82. The molecule has 0 amide bonds. The first kappa shape index (κ1) is 27.0. The largest absolute Gasteiger partial charge is 0.421 e. The quantitative estimate of drug-likeness (QED) is 0.467. The van der Waals surface area contributed by atoms with Gasteiger partial charge >= 0.3 is 6.18 Å². The molecule has 0 unspecified atom stereocenters. The van der Waals surface area contributed by atoms with Crippen LogP contribution in [-0.4, -0.2) is 48.2 Å². The van der Waals surface area contributed by atoms with Crippen molar-refractivity contribution in [2.24, 2.45) is 0 Å². The van der Waals surface area contributed by atoms with Gasteiger partial charge in [0.05, 0.1) is 10.5 Å². The van der Waals surface area contributed by atoms with Crippen LogP contribution in [0, 0.1) is 0 Å². The highest BCUT2D eigenvalue weighted by Gasteiger charge is 2.38. The first-order valence-electron chi connectivity index (χ1n) is 10.7. The van der Waals surface area contributed by atoms with Gasteiger partial charge in [0.25, 0.3) is 6.43 Å². The van der Waals surface area contributed by atoms with Crippen LogP contribution in [0.4, 0.5) is 39.4 Å². The summed E-state index contributed by atoms with van der Waals surface area (Å²) in [5.74, 6) is -0.812. The number of hydrogen-bond acceptors (Lipinski definition) is 7. The Morgan fingerprint density at radius 3 is 2.34 bits per heavy atom. The number of aliphatic hydroxyl groups is 1. The van der Waals surface area contributed by atoms with Crippen molar-refractivity contribution in [2.45, 2.75) is 62.8 Å². The maximum absolute atomic E-state index is 13.7. The molecule has 194 valence electrons. The lowest BCUT2D eigenvalue weighted by Crippen LogP contribution is -2.43. The fraction of sp³-hybridized carbons (Fsp3) is 0.524. The lowest BCUT2D eigenvalue weighted by molar-refractivity contribution is -0.137. The van der Waals surface area contributed by atoms with Crippen LogP contribution in [0.3, 0.4) is 0 Å². The molecule has 14 heteroatoms. The molecule has 1 aliphatic rings. The highest BCUT2D eigenvalue weighted by atomic mass is 32.2. The fourth-order valence-electron chi connectivity index (χ4n) is 3.58. The van der Waals surface area contributed by atoms with E-state index in [9.17, 15) is 35.5 Å². The molecule has 1 aliphatic heterocycles. The molecule has 8 nitrogen and oxygen atoms in total. The van der Waals surface area contributed by atoms with Gasteiger partial charge in [-0.05, 0) is 51.8 Å². The average molecular weight is 524 g/mol. The van der Waals surface area contributed by atoms with Crippen LogP contribution in [0.5, 0.6) is 0 Å². The predicted octanol–water partition coefficient (Wildman–Crippen LogP) is 4.21. The third-order valence-corrected chi connectivity index (χ3v) is 7.08. The molecule has 1 aromatic carbocycles. The lowest BCUT2D eigenvalue weighted by Gasteiger charge is -2.37. The van der Waals surface area contributed by atoms with Gasteiger partial charge in [-0.1, -0.05) is 0 Å². The third kappa shape index (κ3) is 6.55. The smallest absolute Gasteiger partial charge is 0.390 e. The number of piperidine rings is 1. The first-order valence-corrected chi connectivity index (χ1v) is 12.2. The number of rotatable bonds is 7. The molecule has 0 spiro atoms. The Bertz CT molecular complexity index is 1160.